The summed E-state index contributed by atoms with van der Waals surface area (Å²) in [5, 5.41) is 10.8. The number of hydrogen-bond acceptors (Lipinski definition) is 2. The van der Waals surface area contributed by atoms with Gasteiger partial charge >= 0.3 is 0 Å². The van der Waals surface area contributed by atoms with E-state index >= 15 is 0 Å². The van der Waals surface area contributed by atoms with Gasteiger partial charge in [0.25, 0.3) is 0 Å². The van der Waals surface area contributed by atoms with E-state index in [1.165, 1.54) is 19.2 Å². The molecule has 2 rings (SSSR count). The van der Waals surface area contributed by atoms with Crippen LogP contribution in [0, 0.1) is 5.82 Å². The van der Waals surface area contributed by atoms with E-state index in [9.17, 15) is 9.50 Å². The first-order chi connectivity index (χ1) is 9.06. The third-order valence-corrected chi connectivity index (χ3v) is 3.62. The van der Waals surface area contributed by atoms with E-state index in [0.717, 1.165) is 0 Å². The normalized spacial score (nSPS) is 12.3. The molecule has 1 unspecified atom stereocenters. The van der Waals surface area contributed by atoms with Crippen LogP contribution in [0.2, 0.25) is 10.0 Å². The van der Waals surface area contributed by atoms with Crippen LogP contribution < -0.4 is 4.74 Å². The molecule has 0 bridgehead atoms. The molecule has 5 heteroatoms. The van der Waals surface area contributed by atoms with E-state index < -0.39 is 11.9 Å². The van der Waals surface area contributed by atoms with Crippen molar-refractivity contribution < 1.29 is 14.2 Å². The third-order valence-electron chi connectivity index (χ3n) is 2.78. The zero-order valence-electron chi connectivity index (χ0n) is 10.0. The Morgan fingerprint density at radius 1 is 1.11 bits per heavy atom. The highest BCUT2D eigenvalue weighted by molar-refractivity contribution is 6.42. The molecule has 1 N–H and O–H groups in total. The highest BCUT2D eigenvalue weighted by Gasteiger charge is 2.20. The molecule has 2 aromatic rings. The van der Waals surface area contributed by atoms with Crippen molar-refractivity contribution in [2.75, 3.05) is 7.11 Å². The molecule has 2 nitrogen and oxygen atoms in total. The van der Waals surface area contributed by atoms with Crippen LogP contribution in [-0.2, 0) is 0 Å². The van der Waals surface area contributed by atoms with Gasteiger partial charge in [-0.05, 0) is 12.1 Å². The number of aliphatic hydroxyl groups is 1. The Morgan fingerprint density at radius 3 is 2.42 bits per heavy atom. The standard InChI is InChI=1S/C14H11Cl2FO2/c1-19-11-7-3-5-9(13(11)17)14(18)8-4-2-6-10(15)12(8)16/h2-7,14,18H,1H3. The second-order valence-corrected chi connectivity index (χ2v) is 4.69. The van der Waals surface area contributed by atoms with Crippen molar-refractivity contribution in [3.05, 3.63) is 63.4 Å². The maximum atomic E-state index is 14.1. The smallest absolute Gasteiger partial charge is 0.171 e. The van der Waals surface area contributed by atoms with Gasteiger partial charge in [0.15, 0.2) is 11.6 Å². The number of ether oxygens (including phenoxy) is 1. The highest BCUT2D eigenvalue weighted by atomic mass is 35.5. The lowest BCUT2D eigenvalue weighted by Gasteiger charge is -2.15. The van der Waals surface area contributed by atoms with Gasteiger partial charge in [-0.15, -0.1) is 0 Å². The number of aliphatic hydroxyl groups excluding tert-OH is 1. The van der Waals surface area contributed by atoms with E-state index in [-0.39, 0.29) is 16.3 Å². The fraction of sp³-hybridized carbons (Fsp3) is 0.143. The minimum atomic E-state index is -1.21. The van der Waals surface area contributed by atoms with E-state index in [1.807, 2.05) is 0 Å². The first-order valence-corrected chi connectivity index (χ1v) is 6.26. The van der Waals surface area contributed by atoms with Crippen LogP contribution in [0.15, 0.2) is 36.4 Å². The number of halogens is 3. The first-order valence-electron chi connectivity index (χ1n) is 5.50. The van der Waals surface area contributed by atoms with Crippen LogP contribution in [0.25, 0.3) is 0 Å². The Labute approximate surface area is 120 Å². The molecule has 2 aromatic carbocycles. The fourth-order valence-electron chi connectivity index (χ4n) is 1.80. The Bertz CT molecular complexity index is 602. The van der Waals surface area contributed by atoms with E-state index in [2.05, 4.69) is 0 Å². The predicted molar refractivity (Wildman–Crippen MR) is 73.5 cm³/mol. The molecule has 0 aliphatic heterocycles. The Kier molecular flexibility index (Phi) is 4.30. The molecule has 0 saturated carbocycles. The second kappa shape index (κ2) is 5.78. The van der Waals surface area contributed by atoms with Crippen LogP contribution in [0.5, 0.6) is 5.75 Å². The van der Waals surface area contributed by atoms with E-state index in [1.54, 1.807) is 24.3 Å². The van der Waals surface area contributed by atoms with Gasteiger partial charge in [0.1, 0.15) is 6.10 Å². The molecular weight excluding hydrogens is 290 g/mol. The van der Waals surface area contributed by atoms with Gasteiger partial charge in [0, 0.05) is 11.1 Å². The Morgan fingerprint density at radius 2 is 1.74 bits per heavy atom. The molecule has 0 aliphatic carbocycles. The molecule has 0 amide bonds. The molecule has 19 heavy (non-hydrogen) atoms. The number of hydrogen-bond donors (Lipinski definition) is 1. The average Bonchev–Trinajstić information content (AvgIpc) is 2.41. The van der Waals surface area contributed by atoms with Crippen molar-refractivity contribution in [2.24, 2.45) is 0 Å². The van der Waals surface area contributed by atoms with Gasteiger partial charge in [-0.2, -0.15) is 0 Å². The van der Waals surface area contributed by atoms with Crippen molar-refractivity contribution >= 4 is 23.2 Å². The summed E-state index contributed by atoms with van der Waals surface area (Å²) in [5.74, 6) is -0.553. The zero-order chi connectivity index (χ0) is 14.0. The van der Waals surface area contributed by atoms with Crippen molar-refractivity contribution in [1.82, 2.24) is 0 Å². The minimum Gasteiger partial charge on any atom is -0.494 e. The molecule has 0 radical (unpaired) electrons. The van der Waals surface area contributed by atoms with Gasteiger partial charge < -0.3 is 9.84 Å². The largest absolute Gasteiger partial charge is 0.494 e. The highest BCUT2D eigenvalue weighted by Crippen LogP contribution is 2.35. The van der Waals surface area contributed by atoms with Gasteiger partial charge in [-0.1, -0.05) is 47.5 Å². The SMILES string of the molecule is COc1cccc(C(O)c2cccc(Cl)c2Cl)c1F. The molecule has 0 aliphatic rings. The summed E-state index contributed by atoms with van der Waals surface area (Å²) < 4.78 is 19.0. The van der Waals surface area contributed by atoms with Crippen LogP contribution >= 0.6 is 23.2 Å². The quantitative estimate of drug-likeness (QED) is 0.919. The second-order valence-electron chi connectivity index (χ2n) is 3.91. The van der Waals surface area contributed by atoms with Crippen LogP contribution in [0.1, 0.15) is 17.2 Å². The molecule has 100 valence electrons. The molecular formula is C14H11Cl2FO2. The van der Waals surface area contributed by atoms with Crippen LogP contribution in [0.4, 0.5) is 4.39 Å². The van der Waals surface area contributed by atoms with Crippen LogP contribution in [0.3, 0.4) is 0 Å². The molecule has 0 aromatic heterocycles. The van der Waals surface area contributed by atoms with E-state index in [4.69, 9.17) is 27.9 Å². The summed E-state index contributed by atoms with van der Waals surface area (Å²) >= 11 is 11.9. The average molecular weight is 301 g/mol. The van der Waals surface area contributed by atoms with E-state index in [0.29, 0.717) is 10.6 Å². The molecule has 0 fully saturated rings. The van der Waals surface area contributed by atoms with Crippen molar-refractivity contribution in [3.63, 3.8) is 0 Å². The van der Waals surface area contributed by atoms with Gasteiger partial charge in [0.05, 0.1) is 17.2 Å². The summed E-state index contributed by atoms with van der Waals surface area (Å²) in [6, 6.07) is 9.38. The third kappa shape index (κ3) is 2.68. The van der Waals surface area contributed by atoms with Crippen molar-refractivity contribution in [3.8, 4) is 5.75 Å². The predicted octanol–water partition coefficient (Wildman–Crippen LogP) is 4.22. The monoisotopic (exact) mass is 300 g/mol. The summed E-state index contributed by atoms with van der Waals surface area (Å²) in [6.07, 6.45) is -1.21. The zero-order valence-corrected chi connectivity index (χ0v) is 11.5. The van der Waals surface area contributed by atoms with Gasteiger partial charge in [-0.25, -0.2) is 4.39 Å². The molecule has 1 atom stereocenters. The minimum absolute atomic E-state index is 0.0645. The number of rotatable bonds is 3. The lowest BCUT2D eigenvalue weighted by atomic mass is 10.0. The maximum absolute atomic E-state index is 14.1. The van der Waals surface area contributed by atoms with Gasteiger partial charge in [0.2, 0.25) is 0 Å². The van der Waals surface area contributed by atoms with Crippen molar-refractivity contribution in [2.45, 2.75) is 6.10 Å². The summed E-state index contributed by atoms with van der Waals surface area (Å²) in [6.45, 7) is 0. The summed E-state index contributed by atoms with van der Waals surface area (Å²) in [4.78, 5) is 0. The first kappa shape index (κ1) is 14.1. The van der Waals surface area contributed by atoms with Gasteiger partial charge in [-0.3, -0.25) is 0 Å². The summed E-state index contributed by atoms with van der Waals surface area (Å²) in [5.41, 5.74) is 0.435. The van der Waals surface area contributed by atoms with Crippen LogP contribution in [-0.4, -0.2) is 12.2 Å². The maximum Gasteiger partial charge on any atom is 0.171 e. The number of benzene rings is 2. The molecule has 0 spiro atoms. The lowest BCUT2D eigenvalue weighted by molar-refractivity contribution is 0.213. The van der Waals surface area contributed by atoms with Crippen molar-refractivity contribution in [1.29, 1.82) is 0 Å². The topological polar surface area (TPSA) is 29.5 Å². The molecule has 0 heterocycles. The molecule has 0 saturated heterocycles. The fourth-order valence-corrected chi connectivity index (χ4v) is 2.21. The Balaban J connectivity index is 2.50. The Hall–Kier alpha value is -1.29. The summed E-state index contributed by atoms with van der Waals surface area (Å²) in [7, 11) is 1.36. The lowest BCUT2D eigenvalue weighted by Crippen LogP contribution is -2.04. The number of methoxy groups -OCH3 is 1.